The molecule has 0 heterocycles. The van der Waals surface area contributed by atoms with Crippen LogP contribution in [0.25, 0.3) is 0 Å². The summed E-state index contributed by atoms with van der Waals surface area (Å²) in [7, 11) is -2.09. The minimum absolute atomic E-state index is 0.0992. The van der Waals surface area contributed by atoms with E-state index in [2.05, 4.69) is 5.32 Å². The number of primary amides is 1. The first-order valence-corrected chi connectivity index (χ1v) is 10.4. The molecule has 0 saturated heterocycles. The summed E-state index contributed by atoms with van der Waals surface area (Å²) in [5.41, 5.74) is 6.38. The molecule has 0 spiro atoms. The minimum Gasteiger partial charge on any atom is -0.495 e. The smallest absolute Gasteiger partial charge is 0.248 e. The Morgan fingerprint density at radius 3 is 2.50 bits per heavy atom. The van der Waals surface area contributed by atoms with Gasteiger partial charge in [0.15, 0.2) is 0 Å². The Morgan fingerprint density at radius 1 is 1.14 bits per heavy atom. The zero-order valence-electron chi connectivity index (χ0n) is 15.7. The molecule has 2 amide bonds. The molecule has 0 radical (unpaired) electrons. The summed E-state index contributed by atoms with van der Waals surface area (Å²) in [5, 5.41) is 2.67. The van der Waals surface area contributed by atoms with E-state index in [0.717, 1.165) is 6.26 Å². The lowest BCUT2D eigenvalue weighted by Crippen LogP contribution is -2.31. The second-order valence-electron chi connectivity index (χ2n) is 6.10. The number of hydrogen-bond acceptors (Lipinski definition) is 5. The molecule has 0 saturated carbocycles. The summed E-state index contributed by atoms with van der Waals surface area (Å²) in [4.78, 5) is 23.4. The number of amides is 2. The molecule has 0 bridgehead atoms. The second-order valence-corrected chi connectivity index (χ2v) is 8.01. The van der Waals surface area contributed by atoms with E-state index in [1.807, 2.05) is 0 Å². The number of methoxy groups -OCH3 is 1. The monoisotopic (exact) mass is 405 g/mol. The van der Waals surface area contributed by atoms with Crippen molar-refractivity contribution < 1.29 is 22.7 Å². The molecule has 2 aromatic rings. The van der Waals surface area contributed by atoms with E-state index in [4.69, 9.17) is 10.5 Å². The van der Waals surface area contributed by atoms with Crippen molar-refractivity contribution in [1.82, 2.24) is 0 Å². The van der Waals surface area contributed by atoms with Crippen molar-refractivity contribution in [3.05, 3.63) is 54.1 Å². The normalized spacial score (nSPS) is 10.9. The van der Waals surface area contributed by atoms with Crippen molar-refractivity contribution in [1.29, 1.82) is 0 Å². The average Bonchev–Trinajstić information content (AvgIpc) is 2.64. The lowest BCUT2D eigenvalue weighted by Gasteiger charge is -2.24. The molecular formula is C19H23N3O5S. The molecular weight excluding hydrogens is 382 g/mol. The molecule has 0 aliphatic carbocycles. The van der Waals surface area contributed by atoms with Crippen LogP contribution in [-0.4, -0.2) is 40.1 Å². The first kappa shape index (κ1) is 21.2. The van der Waals surface area contributed by atoms with E-state index in [1.165, 1.54) is 17.5 Å². The molecule has 150 valence electrons. The van der Waals surface area contributed by atoms with Crippen molar-refractivity contribution in [2.24, 2.45) is 5.73 Å². The van der Waals surface area contributed by atoms with E-state index in [-0.39, 0.29) is 24.4 Å². The summed E-state index contributed by atoms with van der Waals surface area (Å²) in [6.07, 6.45) is 1.50. The lowest BCUT2D eigenvalue weighted by molar-refractivity contribution is -0.116. The van der Waals surface area contributed by atoms with Gasteiger partial charge in [0, 0.05) is 24.2 Å². The molecule has 28 heavy (non-hydrogen) atoms. The van der Waals surface area contributed by atoms with Crippen LogP contribution in [-0.2, 0) is 14.8 Å². The van der Waals surface area contributed by atoms with Crippen molar-refractivity contribution in [2.45, 2.75) is 12.8 Å². The third-order valence-corrected chi connectivity index (χ3v) is 5.13. The molecule has 2 aromatic carbocycles. The number of para-hydroxylation sites is 2. The highest BCUT2D eigenvalue weighted by molar-refractivity contribution is 7.92. The predicted octanol–water partition coefficient (Wildman–Crippen LogP) is 1.98. The number of nitrogens with zero attached hydrogens (tertiary/aromatic N) is 1. The molecule has 8 nitrogen and oxygen atoms in total. The Hall–Kier alpha value is -3.07. The van der Waals surface area contributed by atoms with E-state index < -0.39 is 15.9 Å². The number of benzene rings is 2. The SMILES string of the molecule is COc1ccccc1N(CCCC(=O)Nc1cccc(C(N)=O)c1)S(C)(=O)=O. The number of anilines is 2. The predicted molar refractivity (Wildman–Crippen MR) is 108 cm³/mol. The molecule has 0 aliphatic heterocycles. The average molecular weight is 405 g/mol. The van der Waals surface area contributed by atoms with Crippen LogP contribution in [0.2, 0.25) is 0 Å². The highest BCUT2D eigenvalue weighted by atomic mass is 32.2. The van der Waals surface area contributed by atoms with Gasteiger partial charge in [0.2, 0.25) is 21.8 Å². The van der Waals surface area contributed by atoms with Gasteiger partial charge in [-0.3, -0.25) is 13.9 Å². The fourth-order valence-corrected chi connectivity index (χ4v) is 3.63. The van der Waals surface area contributed by atoms with Gasteiger partial charge in [-0.25, -0.2) is 8.42 Å². The molecule has 2 rings (SSSR count). The number of nitrogens with one attached hydrogen (secondary N) is 1. The minimum atomic E-state index is -3.55. The molecule has 0 unspecified atom stereocenters. The van der Waals surface area contributed by atoms with Gasteiger partial charge < -0.3 is 15.8 Å². The number of carbonyl (C=O) groups excluding carboxylic acids is 2. The standard InChI is InChI=1S/C19H23N3O5S/c1-27-17-10-4-3-9-16(17)22(28(2,25)26)12-6-11-18(23)21-15-8-5-7-14(13-15)19(20)24/h3-5,7-10,13H,6,11-12H2,1-2H3,(H2,20,24)(H,21,23). The van der Waals surface area contributed by atoms with Gasteiger partial charge in [0.1, 0.15) is 5.75 Å². The second kappa shape index (κ2) is 9.23. The van der Waals surface area contributed by atoms with Gasteiger partial charge >= 0.3 is 0 Å². The van der Waals surface area contributed by atoms with Crippen LogP contribution in [0, 0.1) is 0 Å². The molecule has 0 aliphatic rings. The first-order valence-electron chi connectivity index (χ1n) is 8.53. The molecule has 0 aromatic heterocycles. The Kier molecular flexibility index (Phi) is 7.00. The van der Waals surface area contributed by atoms with Gasteiger partial charge in [0.05, 0.1) is 19.1 Å². The van der Waals surface area contributed by atoms with Crippen LogP contribution in [0.4, 0.5) is 11.4 Å². The Balaban J connectivity index is 2.02. The number of sulfonamides is 1. The van der Waals surface area contributed by atoms with E-state index in [0.29, 0.717) is 23.5 Å². The molecule has 0 atom stereocenters. The fraction of sp³-hybridized carbons (Fsp3) is 0.263. The topological polar surface area (TPSA) is 119 Å². The van der Waals surface area contributed by atoms with Crippen molar-refractivity contribution in [2.75, 3.05) is 29.5 Å². The van der Waals surface area contributed by atoms with Crippen molar-refractivity contribution in [3.8, 4) is 5.75 Å². The third kappa shape index (κ3) is 5.71. The van der Waals surface area contributed by atoms with Crippen LogP contribution >= 0.6 is 0 Å². The summed E-state index contributed by atoms with van der Waals surface area (Å²) in [5.74, 6) is -0.451. The van der Waals surface area contributed by atoms with Gasteiger partial charge in [-0.15, -0.1) is 0 Å². The molecule has 9 heteroatoms. The zero-order valence-corrected chi connectivity index (χ0v) is 16.5. The fourth-order valence-electron chi connectivity index (χ4n) is 2.66. The van der Waals surface area contributed by atoms with Gasteiger partial charge in [0.25, 0.3) is 0 Å². The Morgan fingerprint density at radius 2 is 1.86 bits per heavy atom. The number of hydrogen-bond donors (Lipinski definition) is 2. The maximum absolute atomic E-state index is 12.2. The third-order valence-electron chi connectivity index (χ3n) is 3.95. The number of nitrogens with two attached hydrogens (primary N) is 1. The summed E-state index contributed by atoms with van der Waals surface area (Å²) >= 11 is 0. The zero-order chi connectivity index (χ0) is 20.7. The highest BCUT2D eigenvalue weighted by Crippen LogP contribution is 2.29. The lowest BCUT2D eigenvalue weighted by atomic mass is 10.2. The van der Waals surface area contributed by atoms with E-state index >= 15 is 0 Å². The maximum Gasteiger partial charge on any atom is 0.248 e. The molecule has 3 N–H and O–H groups in total. The largest absolute Gasteiger partial charge is 0.495 e. The number of ether oxygens (including phenoxy) is 1. The van der Waals surface area contributed by atoms with Crippen LogP contribution in [0.5, 0.6) is 5.75 Å². The summed E-state index contributed by atoms with van der Waals surface area (Å²) in [6.45, 7) is 0.119. The maximum atomic E-state index is 12.2. The number of rotatable bonds is 9. The van der Waals surface area contributed by atoms with E-state index in [9.17, 15) is 18.0 Å². The van der Waals surface area contributed by atoms with Gasteiger partial charge in [-0.05, 0) is 36.8 Å². The van der Waals surface area contributed by atoms with Crippen molar-refractivity contribution in [3.63, 3.8) is 0 Å². The van der Waals surface area contributed by atoms with Crippen LogP contribution in [0.3, 0.4) is 0 Å². The van der Waals surface area contributed by atoms with E-state index in [1.54, 1.807) is 42.5 Å². The number of carbonyl (C=O) groups is 2. The van der Waals surface area contributed by atoms with Gasteiger partial charge in [-0.2, -0.15) is 0 Å². The van der Waals surface area contributed by atoms with Gasteiger partial charge in [-0.1, -0.05) is 18.2 Å². The summed E-state index contributed by atoms with van der Waals surface area (Å²) in [6, 6.07) is 13.1. The molecule has 0 fully saturated rings. The van der Waals surface area contributed by atoms with Crippen LogP contribution in [0.15, 0.2) is 48.5 Å². The Labute approximate surface area is 164 Å². The van der Waals surface area contributed by atoms with Crippen LogP contribution < -0.4 is 20.1 Å². The quantitative estimate of drug-likeness (QED) is 0.661. The van der Waals surface area contributed by atoms with Crippen molar-refractivity contribution >= 4 is 33.2 Å². The Bertz CT molecular complexity index is 960. The highest BCUT2D eigenvalue weighted by Gasteiger charge is 2.20. The summed E-state index contributed by atoms with van der Waals surface area (Å²) < 4.78 is 30.8. The van der Waals surface area contributed by atoms with Crippen LogP contribution in [0.1, 0.15) is 23.2 Å². The first-order chi connectivity index (χ1) is 13.2.